The van der Waals surface area contributed by atoms with Gasteiger partial charge in [-0.15, -0.1) is 24.4 Å². The van der Waals surface area contributed by atoms with Crippen molar-refractivity contribution >= 4 is 41.9 Å². The zero-order chi connectivity index (χ0) is 18.8. The zero-order valence-electron chi connectivity index (χ0n) is 14.6. The summed E-state index contributed by atoms with van der Waals surface area (Å²) in [5.41, 5.74) is -0.400. The third-order valence-corrected chi connectivity index (χ3v) is 5.53. The maximum absolute atomic E-state index is 13.0. The van der Waals surface area contributed by atoms with E-state index >= 15 is 0 Å². The lowest BCUT2D eigenvalue weighted by Gasteiger charge is -2.30. The number of thiol groups is 1. The van der Waals surface area contributed by atoms with Crippen LogP contribution in [-0.2, 0) is 9.59 Å². The van der Waals surface area contributed by atoms with Crippen LogP contribution in [0.5, 0.6) is 0 Å². The molecule has 9 heteroatoms. The van der Waals surface area contributed by atoms with Gasteiger partial charge in [-0.2, -0.15) is 5.26 Å². The molecule has 0 aliphatic carbocycles. The Morgan fingerprint density at radius 3 is 2.80 bits per heavy atom. The quantitative estimate of drug-likeness (QED) is 0.595. The van der Waals surface area contributed by atoms with E-state index in [1.165, 1.54) is 18.0 Å². The number of carbonyl (C=O) groups excluding carboxylic acids is 2. The number of nitriles is 1. The van der Waals surface area contributed by atoms with E-state index in [9.17, 15) is 9.59 Å². The van der Waals surface area contributed by atoms with E-state index in [0.29, 0.717) is 22.8 Å². The van der Waals surface area contributed by atoms with Crippen molar-refractivity contribution in [1.29, 1.82) is 5.26 Å². The highest BCUT2D eigenvalue weighted by Crippen LogP contribution is 2.37. The smallest absolute Gasteiger partial charge is 0.249 e. The average molecular weight is 380 g/mol. The summed E-state index contributed by atoms with van der Waals surface area (Å²) in [4.78, 5) is 32.8. The highest BCUT2D eigenvalue weighted by atomic mass is 32.2. The molecule has 1 fully saturated rings. The fraction of sp³-hybridized carbons (Fsp3) is 0.500. The molecule has 1 saturated heterocycles. The van der Waals surface area contributed by atoms with Crippen LogP contribution in [0.15, 0.2) is 17.2 Å². The minimum atomic E-state index is -0.798. The highest BCUT2D eigenvalue weighted by Gasteiger charge is 2.51. The van der Waals surface area contributed by atoms with Gasteiger partial charge in [0.05, 0.1) is 17.4 Å². The number of amides is 2. The fourth-order valence-corrected chi connectivity index (χ4v) is 3.92. The lowest BCUT2D eigenvalue weighted by atomic mass is 10.0. The first-order chi connectivity index (χ1) is 11.8. The van der Waals surface area contributed by atoms with E-state index in [1.807, 2.05) is 31.1 Å². The van der Waals surface area contributed by atoms with Gasteiger partial charge in [0.25, 0.3) is 0 Å². The van der Waals surface area contributed by atoms with Crippen molar-refractivity contribution in [3.05, 3.63) is 18.0 Å². The average Bonchev–Trinajstić information content (AvgIpc) is 2.77. The highest BCUT2D eigenvalue weighted by molar-refractivity contribution is 7.98. The molecule has 1 aromatic rings. The number of hydrogen-bond acceptors (Lipinski definition) is 7. The molecular formula is C16H21N5O2S2. The number of nitrogens with zero attached hydrogens (tertiary/aromatic N) is 4. The molecule has 2 heterocycles. The topological polar surface area (TPSA) is 89.3 Å². The Hall–Kier alpha value is -1.76. The monoisotopic (exact) mass is 379 g/mol. The number of thioether (sulfide) groups is 1. The van der Waals surface area contributed by atoms with Gasteiger partial charge in [0.15, 0.2) is 5.69 Å². The van der Waals surface area contributed by atoms with Gasteiger partial charge in [-0.1, -0.05) is 0 Å². The van der Waals surface area contributed by atoms with Gasteiger partial charge in [0.1, 0.15) is 11.6 Å². The van der Waals surface area contributed by atoms with Crippen molar-refractivity contribution in [3.63, 3.8) is 0 Å². The number of carbonyl (C=O) groups is 2. The number of aromatic nitrogens is 1. The number of anilines is 1. The Morgan fingerprint density at radius 1 is 1.56 bits per heavy atom. The van der Waals surface area contributed by atoms with E-state index in [0.717, 1.165) is 0 Å². The first-order valence-corrected chi connectivity index (χ1v) is 9.45. The summed E-state index contributed by atoms with van der Waals surface area (Å²) in [6.45, 7) is 4.03. The maximum atomic E-state index is 13.0. The first-order valence-electron chi connectivity index (χ1n) is 7.71. The van der Waals surface area contributed by atoms with Crippen LogP contribution in [0, 0.1) is 11.3 Å². The Labute approximate surface area is 157 Å². The molecular weight excluding hydrogens is 358 g/mol. The number of rotatable bonds is 5. The minimum Gasteiger partial charge on any atom is -0.359 e. The molecule has 0 bridgehead atoms. The van der Waals surface area contributed by atoms with Gasteiger partial charge in [-0.05, 0) is 26.2 Å². The van der Waals surface area contributed by atoms with Crippen LogP contribution in [0.25, 0.3) is 0 Å². The van der Waals surface area contributed by atoms with Gasteiger partial charge in [-0.25, -0.2) is 4.98 Å². The Morgan fingerprint density at radius 2 is 2.24 bits per heavy atom. The van der Waals surface area contributed by atoms with E-state index in [2.05, 4.69) is 22.9 Å². The molecule has 0 spiro atoms. The molecule has 1 N–H and O–H groups in total. The van der Waals surface area contributed by atoms with Crippen LogP contribution in [0.4, 0.5) is 5.69 Å². The second-order valence-corrected chi connectivity index (χ2v) is 7.36. The van der Waals surface area contributed by atoms with E-state index in [4.69, 9.17) is 5.26 Å². The molecule has 1 aliphatic rings. The number of hydrogen-bond donors (Lipinski definition) is 2. The summed E-state index contributed by atoms with van der Waals surface area (Å²) in [6.07, 6.45) is 3.64. The van der Waals surface area contributed by atoms with E-state index < -0.39 is 11.0 Å². The fourth-order valence-electron chi connectivity index (χ4n) is 2.75. The van der Waals surface area contributed by atoms with Crippen molar-refractivity contribution in [2.24, 2.45) is 0 Å². The maximum Gasteiger partial charge on any atom is 0.249 e. The van der Waals surface area contributed by atoms with Crippen molar-refractivity contribution in [2.75, 3.05) is 24.7 Å². The van der Waals surface area contributed by atoms with Crippen LogP contribution < -0.4 is 10.2 Å². The van der Waals surface area contributed by atoms with Gasteiger partial charge in [0.2, 0.25) is 11.8 Å². The van der Waals surface area contributed by atoms with Crippen molar-refractivity contribution < 1.29 is 9.59 Å². The molecule has 2 rings (SSSR count). The molecule has 7 nitrogen and oxygen atoms in total. The van der Waals surface area contributed by atoms with Crippen LogP contribution in [0.2, 0.25) is 0 Å². The molecule has 134 valence electrons. The summed E-state index contributed by atoms with van der Waals surface area (Å²) >= 11 is 6.01. The summed E-state index contributed by atoms with van der Waals surface area (Å²) in [7, 11) is 1.58. The van der Waals surface area contributed by atoms with E-state index in [-0.39, 0.29) is 18.2 Å². The van der Waals surface area contributed by atoms with Crippen molar-refractivity contribution in [3.8, 4) is 6.07 Å². The largest absolute Gasteiger partial charge is 0.359 e. The summed E-state index contributed by atoms with van der Waals surface area (Å²) in [5, 5.41) is 11.7. The third kappa shape index (κ3) is 3.61. The number of pyridine rings is 1. The summed E-state index contributed by atoms with van der Waals surface area (Å²) in [6, 6.07) is 3.82. The Bertz CT molecular complexity index is 732. The third-order valence-electron chi connectivity index (χ3n) is 4.27. The Balaban J connectivity index is 2.35. The van der Waals surface area contributed by atoms with Crippen LogP contribution in [-0.4, -0.2) is 52.6 Å². The molecule has 1 unspecified atom stereocenters. The van der Waals surface area contributed by atoms with E-state index in [1.54, 1.807) is 18.0 Å². The molecule has 25 heavy (non-hydrogen) atoms. The summed E-state index contributed by atoms with van der Waals surface area (Å²) < 4.78 is 0. The predicted octanol–water partition coefficient (Wildman–Crippen LogP) is 1.45. The Kier molecular flexibility index (Phi) is 5.98. The van der Waals surface area contributed by atoms with Gasteiger partial charge < -0.3 is 5.32 Å². The minimum absolute atomic E-state index is 0.0908. The molecule has 0 saturated carbocycles. The number of nitrogens with one attached hydrogen (secondary N) is 1. The summed E-state index contributed by atoms with van der Waals surface area (Å²) in [5.74, 6) is -0.213. The van der Waals surface area contributed by atoms with Gasteiger partial charge >= 0.3 is 0 Å². The van der Waals surface area contributed by atoms with Crippen LogP contribution in [0.1, 0.15) is 26.0 Å². The van der Waals surface area contributed by atoms with Crippen LogP contribution >= 0.6 is 24.4 Å². The standard InChI is InChI=1S/C16H21N5O2S2/c1-16(2)14(23)21(15(24)20(16)6-5-13(22)18-3)10-7-12(25-4)11(8-17)19-9-10/h7,9,15,24H,5-6H2,1-4H3,(H,18,22). The predicted molar refractivity (Wildman–Crippen MR) is 100 cm³/mol. The first kappa shape index (κ1) is 19.6. The molecule has 1 atom stereocenters. The lowest BCUT2D eigenvalue weighted by Crippen LogP contribution is -2.46. The lowest BCUT2D eigenvalue weighted by molar-refractivity contribution is -0.125. The molecule has 0 aromatic carbocycles. The van der Waals surface area contributed by atoms with Gasteiger partial charge in [0, 0.05) is 24.9 Å². The normalized spacial score (nSPS) is 19.8. The van der Waals surface area contributed by atoms with Crippen LogP contribution in [0.3, 0.4) is 0 Å². The molecule has 1 aromatic heterocycles. The molecule has 0 radical (unpaired) electrons. The van der Waals surface area contributed by atoms with Crippen molar-refractivity contribution in [2.45, 2.75) is 36.2 Å². The second kappa shape index (κ2) is 7.64. The van der Waals surface area contributed by atoms with Gasteiger partial charge in [-0.3, -0.25) is 19.4 Å². The van der Waals surface area contributed by atoms with Crippen molar-refractivity contribution in [1.82, 2.24) is 15.2 Å². The molecule has 1 aliphatic heterocycles. The zero-order valence-corrected chi connectivity index (χ0v) is 16.3. The molecule has 2 amide bonds. The second-order valence-electron chi connectivity index (χ2n) is 6.05. The SMILES string of the molecule is CNC(=O)CCN1C(S)N(c2cnc(C#N)c(SC)c2)C(=O)C1(C)C.